The van der Waals surface area contributed by atoms with Crippen LogP contribution in [0.5, 0.6) is 11.5 Å². The fourth-order valence-corrected chi connectivity index (χ4v) is 11.5. The predicted molar refractivity (Wildman–Crippen MR) is 316 cm³/mol. The molecule has 0 amide bonds. The van der Waals surface area contributed by atoms with Crippen LogP contribution in [0.1, 0.15) is 111 Å². The fourth-order valence-electron chi connectivity index (χ4n) is 10.5. The third-order valence-corrected chi connectivity index (χ3v) is 16.0. The molecule has 6 nitrogen and oxygen atoms in total. The Morgan fingerprint density at radius 1 is 0.455 bits per heavy atom. The standard InChI is InChI=1S/C70H67N5O.Pt/c1-45-34-65(72-43-59(45)60-27-18-19-33-71-60)75-61-28-15-14-24-57(61)58-32-31-54(42-64(58)75)76-53-23-20-22-52(41-53)73-44-74(63-30-17-16-29-62(63)73)66-55(46-35-48(67(2,3)4)39-49(36-46)68(5,6)7)25-21-26-56(66)47-37-50(69(8,9)10)40-51(38-47)70(11,12)13;/h14-40,43H,1-13H3;/q-2;. The van der Waals surface area contributed by atoms with Crippen molar-refractivity contribution in [3.8, 4) is 62.2 Å². The van der Waals surface area contributed by atoms with E-state index in [1.807, 2.05) is 42.7 Å². The first-order valence-corrected chi connectivity index (χ1v) is 27.9. The Labute approximate surface area is 465 Å². The van der Waals surface area contributed by atoms with Gasteiger partial charge in [-0.05, 0) is 24.6 Å². The summed E-state index contributed by atoms with van der Waals surface area (Å²) in [4.78, 5) is 9.63. The van der Waals surface area contributed by atoms with Gasteiger partial charge in [-0.2, -0.15) is 0 Å². The minimum absolute atomic E-state index is 0.0669. The number of fused-ring (bicyclic) bond motifs is 4. The van der Waals surface area contributed by atoms with Crippen molar-refractivity contribution in [1.82, 2.24) is 23.7 Å². The van der Waals surface area contributed by atoms with E-state index in [1.54, 1.807) is 0 Å². The average Bonchev–Trinajstić information content (AvgIpc) is 3.96. The number of hydrogen-bond acceptors (Lipinski definition) is 3. The molecule has 390 valence electrons. The normalized spacial score (nSPS) is 12.6. The van der Waals surface area contributed by atoms with Gasteiger partial charge in [-0.25, -0.2) is 0 Å². The number of ether oxygens (including phenoxy) is 1. The van der Waals surface area contributed by atoms with Crippen molar-refractivity contribution in [3.63, 3.8) is 0 Å². The molecule has 4 heterocycles. The van der Waals surface area contributed by atoms with E-state index in [4.69, 9.17) is 9.72 Å². The monoisotopic (exact) mass is 1190 g/mol. The van der Waals surface area contributed by atoms with Crippen LogP contribution in [-0.2, 0) is 41.0 Å². The first-order chi connectivity index (χ1) is 36.5. The summed E-state index contributed by atoms with van der Waals surface area (Å²) < 4.78 is 14.8. The van der Waals surface area contributed by atoms with E-state index in [0.717, 1.165) is 70.7 Å². The van der Waals surface area contributed by atoms with Crippen molar-refractivity contribution < 1.29 is 24.1 Å². The molecule has 0 fully saturated rings. The Bertz CT molecular complexity index is 3990. The summed E-state index contributed by atoms with van der Waals surface area (Å²) in [6, 6.07) is 64.4. The predicted octanol–water partition coefficient (Wildman–Crippen LogP) is 18.3. The molecule has 7 aromatic carbocycles. The summed E-state index contributed by atoms with van der Waals surface area (Å²) in [7, 11) is 0. The number of aryl methyl sites for hydroxylation is 1. The molecule has 0 spiro atoms. The van der Waals surface area contributed by atoms with Gasteiger partial charge in [-0.15, -0.1) is 0 Å². The van der Waals surface area contributed by atoms with Gasteiger partial charge in [0.05, 0.1) is 5.69 Å². The van der Waals surface area contributed by atoms with Crippen molar-refractivity contribution in [3.05, 3.63) is 214 Å². The Morgan fingerprint density at radius 2 is 0.987 bits per heavy atom. The fraction of sp³-hybridized carbons (Fsp3) is 0.243. The molecule has 0 aliphatic heterocycles. The smallest absolute Gasteiger partial charge is 0.256 e. The van der Waals surface area contributed by atoms with Crippen LogP contribution in [-0.4, -0.2) is 23.7 Å². The van der Waals surface area contributed by atoms with Crippen LogP contribution >= 0.6 is 0 Å². The average molecular weight is 1190 g/mol. The van der Waals surface area contributed by atoms with Crippen molar-refractivity contribution in [2.45, 2.75) is 112 Å². The van der Waals surface area contributed by atoms with E-state index in [9.17, 15) is 0 Å². The summed E-state index contributed by atoms with van der Waals surface area (Å²) in [6.07, 6.45) is 3.74. The summed E-state index contributed by atoms with van der Waals surface area (Å²) in [6.45, 7) is 29.9. The Kier molecular flexibility index (Phi) is 12.9. The molecule has 0 saturated heterocycles. The second kappa shape index (κ2) is 19.3. The van der Waals surface area contributed by atoms with E-state index in [0.29, 0.717) is 11.5 Å². The maximum absolute atomic E-state index is 6.81. The molecular weight excluding hydrogens is 1120 g/mol. The quantitative estimate of drug-likeness (QED) is 0.142. The van der Waals surface area contributed by atoms with Crippen molar-refractivity contribution in [1.29, 1.82) is 0 Å². The minimum atomic E-state index is -0.0669. The molecule has 7 heteroatoms. The van der Waals surface area contributed by atoms with Crippen LogP contribution in [0.25, 0.3) is 83.5 Å². The summed E-state index contributed by atoms with van der Waals surface area (Å²) in [5, 5.41) is 2.18. The topological polar surface area (TPSA) is 49.8 Å². The third kappa shape index (κ3) is 9.76. The number of nitrogens with zero attached hydrogens (tertiary/aromatic N) is 5. The number of imidazole rings is 1. The van der Waals surface area contributed by atoms with Gasteiger partial charge in [0, 0.05) is 18.0 Å². The van der Waals surface area contributed by atoms with Gasteiger partial charge in [0.1, 0.15) is 0 Å². The van der Waals surface area contributed by atoms with Crippen molar-refractivity contribution in [2.24, 2.45) is 0 Å². The second-order valence-electron chi connectivity index (χ2n) is 24.7. The van der Waals surface area contributed by atoms with Gasteiger partial charge in [0.2, 0.25) is 0 Å². The molecular formula is C70H67N5OPt-2. The van der Waals surface area contributed by atoms with Gasteiger partial charge in [0.25, 0.3) is 0 Å². The Balaban J connectivity index is 1.08. The number of aromatic nitrogens is 5. The number of para-hydroxylation sites is 4. The zero-order valence-corrected chi connectivity index (χ0v) is 48.9. The Morgan fingerprint density at radius 3 is 1.55 bits per heavy atom. The van der Waals surface area contributed by atoms with Crippen LogP contribution in [0, 0.1) is 22.9 Å². The van der Waals surface area contributed by atoms with Crippen LogP contribution in [0.15, 0.2) is 170 Å². The van der Waals surface area contributed by atoms with Gasteiger partial charge in [0.15, 0.2) is 0 Å². The Hall–Kier alpha value is -7.40. The molecule has 0 N–H and O–H groups in total. The van der Waals surface area contributed by atoms with Crippen LogP contribution in [0.4, 0.5) is 0 Å². The van der Waals surface area contributed by atoms with Crippen LogP contribution < -0.4 is 4.74 Å². The molecule has 11 rings (SSSR count). The van der Waals surface area contributed by atoms with E-state index in [-0.39, 0.29) is 21.7 Å². The van der Waals surface area contributed by atoms with Gasteiger partial charge >= 0.3 is 397 Å². The van der Waals surface area contributed by atoms with Gasteiger partial charge in [-0.1, -0.05) is 18.2 Å². The summed E-state index contributed by atoms with van der Waals surface area (Å²) in [5.74, 6) is 1.96. The minimum Gasteiger partial charge on any atom is -0.256 e. The van der Waals surface area contributed by atoms with E-state index in [2.05, 4.69) is 268 Å². The maximum atomic E-state index is 6.81. The third-order valence-electron chi connectivity index (χ3n) is 15.0. The van der Waals surface area contributed by atoms with Crippen LogP contribution in [0.3, 0.4) is 0 Å². The van der Waals surface area contributed by atoms with Crippen molar-refractivity contribution >= 4 is 32.8 Å². The molecule has 0 radical (unpaired) electrons. The molecule has 77 heavy (non-hydrogen) atoms. The van der Waals surface area contributed by atoms with Gasteiger partial charge < -0.3 is 0 Å². The van der Waals surface area contributed by atoms with E-state index < -0.39 is 0 Å². The van der Waals surface area contributed by atoms with E-state index >= 15 is 0 Å². The number of pyridine rings is 2. The molecule has 0 saturated carbocycles. The number of benzene rings is 7. The zero-order valence-electron chi connectivity index (χ0n) is 46.6. The molecule has 0 aliphatic carbocycles. The number of rotatable bonds is 8. The molecule has 0 bridgehead atoms. The van der Waals surface area contributed by atoms with E-state index in [1.165, 1.54) is 44.5 Å². The first-order valence-electron chi connectivity index (χ1n) is 26.7. The molecule has 0 unspecified atom stereocenters. The molecule has 4 aromatic heterocycles. The SMILES string of the molecule is Cc1cc(-n2c3[c-]c(Oc4[c-]c(-n5[c](=[Pt])n(-c6c(-c7cc(C(C)(C)C)cc(C(C)(C)C)c7)cccc6-c6cc(C(C)(C)C)cc(C(C)(C)C)c6)c6ccccc65)ccc4)ccc3c3ccccc32)ncc1-c1ccccn1. The summed E-state index contributed by atoms with van der Waals surface area (Å²) in [5.41, 5.74) is 18.8. The first kappa shape index (κ1) is 51.7. The molecule has 11 aromatic rings. The molecule has 0 aliphatic rings. The summed E-state index contributed by atoms with van der Waals surface area (Å²) >= 11 is 2.54. The van der Waals surface area contributed by atoms with Gasteiger partial charge in [-0.3, -0.25) is 4.98 Å². The molecule has 0 atom stereocenters. The van der Waals surface area contributed by atoms with Crippen molar-refractivity contribution in [2.75, 3.05) is 0 Å². The number of hydrogen-bond donors (Lipinski definition) is 0. The van der Waals surface area contributed by atoms with Crippen LogP contribution in [0.2, 0.25) is 0 Å². The second-order valence-corrected chi connectivity index (χ2v) is 25.7. The zero-order chi connectivity index (χ0) is 54.3.